The largest absolute Gasteiger partial charge is 0.311 e. The molecule has 2 nitrogen and oxygen atoms in total. The smallest absolute Gasteiger partial charge is 0.0462 e. The van der Waals surface area contributed by atoms with Gasteiger partial charge >= 0.3 is 0 Å². The van der Waals surface area contributed by atoms with E-state index in [9.17, 15) is 0 Å². The molecule has 18 aromatic carbocycles. The number of rotatable bonds is 16. The van der Waals surface area contributed by atoms with Gasteiger partial charge in [0.05, 0.1) is 0 Å². The Kier molecular flexibility index (Phi) is 18.9. The van der Waals surface area contributed by atoms with E-state index in [0.29, 0.717) is 0 Å². The van der Waals surface area contributed by atoms with Crippen molar-refractivity contribution in [2.24, 2.45) is 0 Å². The molecular weight excluding hydrogens is 1390 g/mol. The molecule has 20 rings (SSSR count). The van der Waals surface area contributed by atoms with E-state index >= 15 is 0 Å². The van der Waals surface area contributed by atoms with Gasteiger partial charge in [0, 0.05) is 74.5 Å². The number of hydrogen-bond donors (Lipinski definition) is 0. The second kappa shape index (κ2) is 30.9. The Morgan fingerprint density at radius 3 is 0.571 bits per heavy atom. The Morgan fingerprint density at radius 1 is 0.125 bits per heavy atom. The summed E-state index contributed by atoms with van der Waals surface area (Å²) < 4.78 is 5.28. The van der Waals surface area contributed by atoms with Gasteiger partial charge in [-0.3, -0.25) is 0 Å². The monoisotopic (exact) mass is 1460 g/mol. The summed E-state index contributed by atoms with van der Waals surface area (Å²) in [6, 6.07) is 162. The van der Waals surface area contributed by atoms with Gasteiger partial charge in [0.1, 0.15) is 0 Å². The third-order valence-corrected chi connectivity index (χ3v) is 23.7. The van der Waals surface area contributed by atoms with E-state index in [-0.39, 0.29) is 0 Å². The van der Waals surface area contributed by atoms with Crippen LogP contribution in [0.4, 0.5) is 34.1 Å². The molecule has 0 amide bonds. The highest BCUT2D eigenvalue weighted by atomic mass is 32.1. The predicted molar refractivity (Wildman–Crippen MR) is 482 cm³/mol. The van der Waals surface area contributed by atoms with Crippen LogP contribution in [0.5, 0.6) is 0 Å². The first-order chi connectivity index (χ1) is 55.5. The Balaban J connectivity index is 0.000000151. The van der Waals surface area contributed by atoms with Crippen LogP contribution in [0.25, 0.3) is 152 Å². The molecule has 0 aliphatic carbocycles. The van der Waals surface area contributed by atoms with E-state index in [4.69, 9.17) is 0 Å². The van der Waals surface area contributed by atoms with Gasteiger partial charge in [-0.1, -0.05) is 340 Å². The van der Waals surface area contributed by atoms with Crippen molar-refractivity contribution in [3.63, 3.8) is 0 Å². The van der Waals surface area contributed by atoms with E-state index < -0.39 is 0 Å². The summed E-state index contributed by atoms with van der Waals surface area (Å²) in [5.74, 6) is 0. The van der Waals surface area contributed by atoms with Crippen LogP contribution >= 0.6 is 22.7 Å². The Hall–Kier alpha value is -14.0. The van der Waals surface area contributed by atoms with E-state index in [0.717, 1.165) is 34.1 Å². The molecule has 112 heavy (non-hydrogen) atoms. The van der Waals surface area contributed by atoms with Crippen molar-refractivity contribution >= 4 is 97.1 Å². The zero-order valence-electron chi connectivity index (χ0n) is 61.4. The number of para-hydroxylation sites is 1. The van der Waals surface area contributed by atoms with Gasteiger partial charge in [0.2, 0.25) is 0 Å². The number of hydrogen-bond acceptors (Lipinski definition) is 4. The summed E-state index contributed by atoms with van der Waals surface area (Å²) in [5, 5.41) is 5.28. The minimum Gasteiger partial charge on any atom is -0.311 e. The lowest BCUT2D eigenvalue weighted by Crippen LogP contribution is -2.09. The maximum atomic E-state index is 2.39. The SMILES string of the molecule is c1ccc(-c2ccc(-c3ccc(N(c4ccccc4)c4ccc(-c5ccc(-c6cc7sc8ccccc8c7cc6-c6ccccc6)cc5)cc4)cc3)cc2)cc1.c1ccc(-c2ccc(N(c3ccc(-c4ccccc4)cc3)c3ccc(-c4ccc(-c5cc6sc7ccccc7c6cc5-c5ccccc5)cc4)cc3)cc2)cc1. The standard InChI is InChI=1S/2C54H37NS/c1-4-12-38(13-5-1)41-24-30-46(31-25-41)55(47-32-26-42(27-33-47)39-14-6-2-7-15-39)48-34-28-43(29-35-48)40-20-22-45(23-21-40)51-37-54-52(49-18-10-11-19-53(49)56-54)36-50(51)44-16-8-3-9-17-44;1-4-12-38(13-5-1)39-20-22-40(23-21-39)42-28-32-47(33-29-42)55(46-16-8-3-9-17-46)48-34-30-43(31-35-48)41-24-26-45(27-25-41)51-37-54-52(49-18-10-11-19-53(49)56-54)36-50(51)44-14-6-2-7-15-44/h2*1-37H. The highest BCUT2D eigenvalue weighted by Gasteiger charge is 2.20. The first-order valence-corrected chi connectivity index (χ1v) is 39.8. The van der Waals surface area contributed by atoms with Crippen LogP contribution in [0.3, 0.4) is 0 Å². The normalized spacial score (nSPS) is 11.2. The lowest BCUT2D eigenvalue weighted by atomic mass is 9.92. The topological polar surface area (TPSA) is 6.48 Å². The summed E-state index contributed by atoms with van der Waals surface area (Å²) in [4.78, 5) is 4.66. The fraction of sp³-hybridized carbons (Fsp3) is 0. The molecule has 0 unspecified atom stereocenters. The van der Waals surface area contributed by atoms with Gasteiger partial charge in [-0.05, 0) is 220 Å². The van der Waals surface area contributed by atoms with Gasteiger partial charge in [-0.15, -0.1) is 22.7 Å². The van der Waals surface area contributed by atoms with Crippen LogP contribution in [-0.2, 0) is 0 Å². The van der Waals surface area contributed by atoms with Crippen LogP contribution < -0.4 is 9.80 Å². The number of benzene rings is 18. The van der Waals surface area contributed by atoms with Gasteiger partial charge in [0.25, 0.3) is 0 Å². The molecule has 20 aromatic rings. The molecule has 2 aromatic heterocycles. The maximum absolute atomic E-state index is 2.39. The predicted octanol–water partition coefficient (Wildman–Crippen LogP) is 31.7. The van der Waals surface area contributed by atoms with Gasteiger partial charge in [-0.25, -0.2) is 0 Å². The van der Waals surface area contributed by atoms with Crippen LogP contribution in [0.2, 0.25) is 0 Å². The van der Waals surface area contributed by atoms with E-state index in [1.54, 1.807) is 0 Å². The molecule has 0 saturated carbocycles. The second-order valence-corrected chi connectivity index (χ2v) is 30.5. The maximum Gasteiger partial charge on any atom is 0.0462 e. The first kappa shape index (κ1) is 68.5. The summed E-state index contributed by atoms with van der Waals surface area (Å²) in [6.45, 7) is 0. The molecule has 0 aliphatic rings. The summed E-state index contributed by atoms with van der Waals surface area (Å²) >= 11 is 3.74. The Morgan fingerprint density at radius 2 is 0.304 bits per heavy atom. The zero-order valence-corrected chi connectivity index (χ0v) is 63.1. The number of thiophene rings is 2. The molecule has 0 N–H and O–H groups in total. The van der Waals surface area contributed by atoms with Crippen molar-refractivity contribution in [3.05, 3.63) is 449 Å². The molecule has 0 spiro atoms. The summed E-state index contributed by atoms with van der Waals surface area (Å²) in [5.41, 5.74) is 31.0. The van der Waals surface area contributed by atoms with E-state index in [1.165, 1.54) is 152 Å². The van der Waals surface area contributed by atoms with E-state index in [1.807, 2.05) is 22.7 Å². The molecular formula is C108H74N2S2. The lowest BCUT2D eigenvalue weighted by molar-refractivity contribution is 1.28. The van der Waals surface area contributed by atoms with Crippen molar-refractivity contribution < 1.29 is 0 Å². The van der Waals surface area contributed by atoms with Gasteiger partial charge < -0.3 is 9.80 Å². The quantitative estimate of drug-likeness (QED) is 0.0951. The van der Waals surface area contributed by atoms with Crippen LogP contribution in [0.15, 0.2) is 449 Å². The van der Waals surface area contributed by atoms with Crippen molar-refractivity contribution in [2.75, 3.05) is 9.80 Å². The van der Waals surface area contributed by atoms with Crippen molar-refractivity contribution in [1.29, 1.82) is 0 Å². The van der Waals surface area contributed by atoms with Crippen LogP contribution in [-0.4, -0.2) is 0 Å². The van der Waals surface area contributed by atoms with Crippen molar-refractivity contribution in [3.8, 4) is 111 Å². The summed E-state index contributed by atoms with van der Waals surface area (Å²) in [6.07, 6.45) is 0. The van der Waals surface area contributed by atoms with Gasteiger partial charge in [0.15, 0.2) is 0 Å². The number of anilines is 6. The number of nitrogens with zero attached hydrogens (tertiary/aromatic N) is 2. The molecule has 528 valence electrons. The molecule has 0 aliphatic heterocycles. The third-order valence-electron chi connectivity index (χ3n) is 21.4. The minimum atomic E-state index is 1.11. The molecule has 0 saturated heterocycles. The average molecular weight is 1460 g/mol. The Labute approximate surface area is 662 Å². The third kappa shape index (κ3) is 14.1. The second-order valence-electron chi connectivity index (χ2n) is 28.3. The van der Waals surface area contributed by atoms with Crippen LogP contribution in [0, 0.1) is 0 Å². The fourth-order valence-electron chi connectivity index (χ4n) is 15.7. The summed E-state index contributed by atoms with van der Waals surface area (Å²) in [7, 11) is 0. The Bertz CT molecular complexity index is 6530. The molecule has 2 heterocycles. The average Bonchev–Trinajstić information content (AvgIpc) is 1.57. The molecule has 0 bridgehead atoms. The van der Waals surface area contributed by atoms with Crippen molar-refractivity contribution in [1.82, 2.24) is 0 Å². The highest BCUT2D eigenvalue weighted by molar-refractivity contribution is 7.26. The highest BCUT2D eigenvalue weighted by Crippen LogP contribution is 2.46. The zero-order chi connectivity index (χ0) is 74.5. The fourth-order valence-corrected chi connectivity index (χ4v) is 17.9. The minimum absolute atomic E-state index is 1.11. The first-order valence-electron chi connectivity index (χ1n) is 38.2. The lowest BCUT2D eigenvalue weighted by Gasteiger charge is -2.26. The number of fused-ring (bicyclic) bond motifs is 6. The van der Waals surface area contributed by atoms with Crippen LogP contribution in [0.1, 0.15) is 0 Å². The molecule has 4 heteroatoms. The molecule has 0 fully saturated rings. The van der Waals surface area contributed by atoms with Gasteiger partial charge in [-0.2, -0.15) is 0 Å². The molecule has 0 atom stereocenters. The molecule has 0 radical (unpaired) electrons. The van der Waals surface area contributed by atoms with E-state index in [2.05, 4.69) is 459 Å². The van der Waals surface area contributed by atoms with Crippen molar-refractivity contribution in [2.45, 2.75) is 0 Å².